The molecule has 10 heteroatoms. The average Bonchev–Trinajstić information content (AvgIpc) is 3.42. The van der Waals surface area contributed by atoms with Gasteiger partial charge in [-0.05, 0) is 35.9 Å². The van der Waals surface area contributed by atoms with Gasteiger partial charge in [0, 0.05) is 24.7 Å². The summed E-state index contributed by atoms with van der Waals surface area (Å²) < 4.78 is 10.8. The highest BCUT2D eigenvalue weighted by molar-refractivity contribution is 7.22. The van der Waals surface area contributed by atoms with Crippen LogP contribution in [-0.2, 0) is 16.1 Å². The lowest BCUT2D eigenvalue weighted by Crippen LogP contribution is -2.56. The Balaban J connectivity index is 1.65. The van der Waals surface area contributed by atoms with Crippen molar-refractivity contribution >= 4 is 45.0 Å². The fourth-order valence-electron chi connectivity index (χ4n) is 3.63. The van der Waals surface area contributed by atoms with Gasteiger partial charge in [-0.15, -0.1) is 0 Å². The van der Waals surface area contributed by atoms with Gasteiger partial charge in [-0.3, -0.25) is 14.9 Å². The lowest BCUT2D eigenvalue weighted by molar-refractivity contribution is -0.111. The highest BCUT2D eigenvalue weighted by atomic mass is 32.1. The van der Waals surface area contributed by atoms with Gasteiger partial charge in [0.05, 0.1) is 31.0 Å². The molecule has 174 valence electrons. The molecule has 2 N–H and O–H groups in total. The number of aldehydes is 1. The molecule has 1 atom stereocenters. The minimum Gasteiger partial charge on any atom is -0.497 e. The summed E-state index contributed by atoms with van der Waals surface area (Å²) in [6, 6.07) is 10.7. The Bertz CT molecular complexity index is 1340. The van der Waals surface area contributed by atoms with Crippen LogP contribution in [0, 0.1) is 11.8 Å². The number of methoxy groups -OCH3 is 2. The molecular weight excluding hydrogens is 456 g/mol. The molecule has 1 aromatic heterocycles. The number of fused-ring (bicyclic) bond motifs is 2. The monoisotopic (exact) mass is 478 g/mol. The molecule has 3 aromatic rings. The summed E-state index contributed by atoms with van der Waals surface area (Å²) in [4.78, 5) is 43.3. The van der Waals surface area contributed by atoms with Crippen molar-refractivity contribution in [1.82, 2.24) is 15.2 Å². The van der Waals surface area contributed by atoms with Gasteiger partial charge in [0.2, 0.25) is 0 Å². The summed E-state index contributed by atoms with van der Waals surface area (Å²) in [5.74, 6) is 6.11. The number of alkyl carbamates (subject to hydrolysis) is 1. The maximum atomic E-state index is 13.0. The molecule has 0 bridgehead atoms. The first-order valence-corrected chi connectivity index (χ1v) is 11.1. The Kier molecular flexibility index (Phi) is 6.38. The first kappa shape index (κ1) is 23.1. The minimum atomic E-state index is -1.67. The maximum Gasteiger partial charge on any atom is 0.408 e. The number of carbonyl (C=O) groups excluding carboxylic acids is 3. The van der Waals surface area contributed by atoms with Crippen molar-refractivity contribution in [3.63, 3.8) is 0 Å². The molecule has 2 aromatic carbocycles. The molecule has 0 fully saturated rings. The van der Waals surface area contributed by atoms with Crippen LogP contribution in [0.4, 0.5) is 9.93 Å². The first-order chi connectivity index (χ1) is 16.4. The maximum absolute atomic E-state index is 13.0. The molecule has 2 amide bonds. The molecule has 2 heterocycles. The average molecular weight is 479 g/mol. The standard InChI is InChI=1S/C24H22N4O5S/c1-25-22-26-19-7-4-15(10-20(19)34-22)8-9-24(14-29,27-23(31)33-3)13-28-12-16-5-6-17(32-2)11-18(16)21(28)30/h4-7,10-11,14H,12-13H2,1-3H3,(H,25,26)(H,27,31)/t24-/m1/s1. The second kappa shape index (κ2) is 9.41. The van der Waals surface area contributed by atoms with Gasteiger partial charge in [-0.25, -0.2) is 9.78 Å². The lowest BCUT2D eigenvalue weighted by Gasteiger charge is -2.28. The number of carbonyl (C=O) groups is 3. The number of hydrogen-bond donors (Lipinski definition) is 2. The summed E-state index contributed by atoms with van der Waals surface area (Å²) in [5.41, 5.74) is 1.07. The van der Waals surface area contributed by atoms with E-state index in [2.05, 4.69) is 27.5 Å². The minimum absolute atomic E-state index is 0.152. The van der Waals surface area contributed by atoms with Crippen molar-refractivity contribution in [2.75, 3.05) is 33.1 Å². The Morgan fingerprint density at radius 1 is 1.29 bits per heavy atom. The van der Waals surface area contributed by atoms with Crippen molar-refractivity contribution in [2.45, 2.75) is 12.1 Å². The van der Waals surface area contributed by atoms with E-state index in [4.69, 9.17) is 9.47 Å². The third-order valence-electron chi connectivity index (χ3n) is 5.38. The number of rotatable bonds is 6. The van der Waals surface area contributed by atoms with Crippen LogP contribution >= 0.6 is 11.3 Å². The third-order valence-corrected chi connectivity index (χ3v) is 6.42. The van der Waals surface area contributed by atoms with E-state index in [-0.39, 0.29) is 19.0 Å². The second-order valence-electron chi connectivity index (χ2n) is 7.59. The van der Waals surface area contributed by atoms with E-state index in [9.17, 15) is 14.4 Å². The number of nitrogens with zero attached hydrogens (tertiary/aromatic N) is 2. The van der Waals surface area contributed by atoms with Crippen LogP contribution in [0.5, 0.6) is 5.75 Å². The van der Waals surface area contributed by atoms with Crippen LogP contribution in [0.25, 0.3) is 10.2 Å². The van der Waals surface area contributed by atoms with Crippen molar-refractivity contribution in [3.8, 4) is 17.6 Å². The first-order valence-electron chi connectivity index (χ1n) is 10.3. The fourth-order valence-corrected chi connectivity index (χ4v) is 4.49. The van der Waals surface area contributed by atoms with E-state index in [1.807, 2.05) is 12.1 Å². The zero-order valence-electron chi connectivity index (χ0n) is 18.8. The topological polar surface area (TPSA) is 110 Å². The highest BCUT2D eigenvalue weighted by Gasteiger charge is 2.38. The number of anilines is 1. The number of hydrogen-bond acceptors (Lipinski definition) is 8. The van der Waals surface area contributed by atoms with Crippen LogP contribution in [0.15, 0.2) is 36.4 Å². The van der Waals surface area contributed by atoms with Crippen LogP contribution < -0.4 is 15.4 Å². The third kappa shape index (κ3) is 4.51. The Labute approximate surface area is 200 Å². The number of nitrogens with one attached hydrogen (secondary N) is 2. The molecule has 1 aliphatic heterocycles. The van der Waals surface area contributed by atoms with Gasteiger partial charge < -0.3 is 19.7 Å². The van der Waals surface area contributed by atoms with Gasteiger partial charge in [-0.1, -0.05) is 29.2 Å². The normalized spacial score (nSPS) is 14.0. The quantitative estimate of drug-likeness (QED) is 0.414. The summed E-state index contributed by atoms with van der Waals surface area (Å²) in [5, 5.41) is 6.29. The van der Waals surface area contributed by atoms with Crippen molar-refractivity contribution < 1.29 is 23.9 Å². The van der Waals surface area contributed by atoms with Crippen LogP contribution in [0.2, 0.25) is 0 Å². The van der Waals surface area contributed by atoms with Gasteiger partial charge in [0.15, 0.2) is 17.0 Å². The van der Waals surface area contributed by atoms with E-state index >= 15 is 0 Å². The van der Waals surface area contributed by atoms with Crippen molar-refractivity contribution in [3.05, 3.63) is 53.1 Å². The zero-order chi connectivity index (χ0) is 24.3. The predicted octanol–water partition coefficient (Wildman–Crippen LogP) is 2.65. The molecule has 0 saturated carbocycles. The van der Waals surface area contributed by atoms with E-state index < -0.39 is 11.6 Å². The summed E-state index contributed by atoms with van der Waals surface area (Å²) >= 11 is 1.47. The molecule has 0 aliphatic carbocycles. The van der Waals surface area contributed by atoms with E-state index in [1.165, 1.54) is 30.5 Å². The molecule has 0 unspecified atom stereocenters. The van der Waals surface area contributed by atoms with Gasteiger partial charge in [0.25, 0.3) is 5.91 Å². The number of amides is 2. The number of ether oxygens (including phenoxy) is 2. The number of aromatic nitrogens is 1. The molecule has 34 heavy (non-hydrogen) atoms. The zero-order valence-corrected chi connectivity index (χ0v) is 19.6. The summed E-state index contributed by atoms with van der Waals surface area (Å²) in [7, 11) is 4.51. The van der Waals surface area contributed by atoms with Gasteiger partial charge in [-0.2, -0.15) is 0 Å². The summed E-state index contributed by atoms with van der Waals surface area (Å²) in [6.45, 7) is 0.124. The smallest absolute Gasteiger partial charge is 0.408 e. The lowest BCUT2D eigenvalue weighted by atomic mass is 10.0. The SMILES string of the molecule is CNc1nc2ccc(C#C[C@](C=O)(CN3Cc4ccc(OC)cc4C3=O)NC(=O)OC)cc2s1. The van der Waals surface area contributed by atoms with E-state index in [1.54, 1.807) is 31.3 Å². The Morgan fingerprint density at radius 2 is 2.12 bits per heavy atom. The van der Waals surface area contributed by atoms with Gasteiger partial charge >= 0.3 is 6.09 Å². The van der Waals surface area contributed by atoms with E-state index in [0.717, 1.165) is 20.9 Å². The van der Waals surface area contributed by atoms with Crippen LogP contribution in [0.1, 0.15) is 21.5 Å². The molecule has 4 rings (SSSR count). The van der Waals surface area contributed by atoms with Crippen LogP contribution in [0.3, 0.4) is 0 Å². The molecule has 9 nitrogen and oxygen atoms in total. The largest absolute Gasteiger partial charge is 0.497 e. The molecule has 0 spiro atoms. The highest BCUT2D eigenvalue weighted by Crippen LogP contribution is 2.28. The molecule has 1 aliphatic rings. The van der Waals surface area contributed by atoms with Gasteiger partial charge in [0.1, 0.15) is 5.75 Å². The molecule has 0 radical (unpaired) electrons. The summed E-state index contributed by atoms with van der Waals surface area (Å²) in [6.07, 6.45) is -0.304. The Hall–Kier alpha value is -4.10. The van der Waals surface area contributed by atoms with Crippen molar-refractivity contribution in [2.24, 2.45) is 0 Å². The molecule has 0 saturated heterocycles. The Morgan fingerprint density at radius 3 is 2.82 bits per heavy atom. The fraction of sp³-hybridized carbons (Fsp3) is 0.250. The number of thiazole rings is 1. The molecular formula is C24H22N4O5S. The number of benzene rings is 2. The second-order valence-corrected chi connectivity index (χ2v) is 8.62. The van der Waals surface area contributed by atoms with Crippen LogP contribution in [-0.4, -0.2) is 61.5 Å². The predicted molar refractivity (Wildman–Crippen MR) is 128 cm³/mol. The van der Waals surface area contributed by atoms with Crippen molar-refractivity contribution in [1.29, 1.82) is 0 Å². The van der Waals surface area contributed by atoms with E-state index in [0.29, 0.717) is 23.2 Å².